The van der Waals surface area contributed by atoms with Gasteiger partial charge < -0.3 is 16.0 Å². The SMILES string of the molecule is CCN(CC)CCNc1ccc(S(=O)(=O)c2ccc(N)cc2)cc1. The van der Waals surface area contributed by atoms with Crippen LogP contribution in [-0.4, -0.2) is 39.5 Å². The molecule has 0 heterocycles. The number of likely N-dealkylation sites (N-methyl/N-ethyl adjacent to an activating group) is 1. The Morgan fingerprint density at radius 1 is 0.917 bits per heavy atom. The monoisotopic (exact) mass is 347 g/mol. The fourth-order valence-corrected chi connectivity index (χ4v) is 3.69. The fourth-order valence-electron chi connectivity index (χ4n) is 2.43. The Bertz CT molecular complexity index is 737. The molecule has 6 heteroatoms. The molecule has 2 aromatic carbocycles. The summed E-state index contributed by atoms with van der Waals surface area (Å²) in [6, 6.07) is 13.1. The number of nitrogens with one attached hydrogen (secondary N) is 1. The zero-order chi connectivity index (χ0) is 17.6. The molecule has 0 saturated carbocycles. The minimum atomic E-state index is -3.51. The molecule has 0 atom stereocenters. The van der Waals surface area contributed by atoms with E-state index in [2.05, 4.69) is 24.1 Å². The number of hydrogen-bond acceptors (Lipinski definition) is 5. The molecule has 0 bridgehead atoms. The van der Waals surface area contributed by atoms with Crippen LogP contribution < -0.4 is 11.1 Å². The van der Waals surface area contributed by atoms with Gasteiger partial charge in [0, 0.05) is 24.5 Å². The lowest BCUT2D eigenvalue weighted by Crippen LogP contribution is -2.28. The van der Waals surface area contributed by atoms with Gasteiger partial charge in [0.05, 0.1) is 9.79 Å². The molecule has 5 nitrogen and oxygen atoms in total. The predicted octanol–water partition coefficient (Wildman–Crippen LogP) is 2.86. The lowest BCUT2D eigenvalue weighted by atomic mass is 10.3. The van der Waals surface area contributed by atoms with Crippen molar-refractivity contribution in [2.75, 3.05) is 37.2 Å². The van der Waals surface area contributed by atoms with E-state index in [9.17, 15) is 8.42 Å². The van der Waals surface area contributed by atoms with Crippen LogP contribution in [0.2, 0.25) is 0 Å². The van der Waals surface area contributed by atoms with Gasteiger partial charge in [0.15, 0.2) is 0 Å². The van der Waals surface area contributed by atoms with E-state index in [4.69, 9.17) is 5.73 Å². The van der Waals surface area contributed by atoms with Crippen LogP contribution in [-0.2, 0) is 9.84 Å². The van der Waals surface area contributed by atoms with Gasteiger partial charge in [-0.25, -0.2) is 8.42 Å². The average Bonchev–Trinajstić information content (AvgIpc) is 2.59. The van der Waals surface area contributed by atoms with E-state index in [1.54, 1.807) is 36.4 Å². The second kappa shape index (κ2) is 8.17. The van der Waals surface area contributed by atoms with Crippen molar-refractivity contribution in [3.63, 3.8) is 0 Å². The Hall–Kier alpha value is -2.05. The second-order valence-electron chi connectivity index (χ2n) is 5.55. The Morgan fingerprint density at radius 3 is 1.92 bits per heavy atom. The van der Waals surface area contributed by atoms with Gasteiger partial charge in [0.1, 0.15) is 0 Å². The Morgan fingerprint density at radius 2 is 1.42 bits per heavy atom. The summed E-state index contributed by atoms with van der Waals surface area (Å²) in [4.78, 5) is 2.85. The molecule has 0 aliphatic heterocycles. The molecule has 0 unspecified atom stereocenters. The van der Waals surface area contributed by atoms with Crippen LogP contribution in [0.1, 0.15) is 13.8 Å². The van der Waals surface area contributed by atoms with Crippen LogP contribution in [0.25, 0.3) is 0 Å². The van der Waals surface area contributed by atoms with Crippen LogP contribution in [0, 0.1) is 0 Å². The molecular formula is C18H25N3O2S. The largest absolute Gasteiger partial charge is 0.399 e. The van der Waals surface area contributed by atoms with Gasteiger partial charge in [-0.1, -0.05) is 13.8 Å². The zero-order valence-corrected chi connectivity index (χ0v) is 15.0. The predicted molar refractivity (Wildman–Crippen MR) is 99.0 cm³/mol. The summed E-state index contributed by atoms with van der Waals surface area (Å²) in [6.45, 7) is 8.11. The first-order valence-electron chi connectivity index (χ1n) is 8.14. The van der Waals surface area contributed by atoms with Crippen molar-refractivity contribution in [2.24, 2.45) is 0 Å². The third-order valence-electron chi connectivity index (χ3n) is 4.01. The maximum absolute atomic E-state index is 12.6. The summed E-state index contributed by atoms with van der Waals surface area (Å²) in [5.41, 5.74) is 7.07. The lowest BCUT2D eigenvalue weighted by molar-refractivity contribution is 0.316. The first-order chi connectivity index (χ1) is 11.5. The number of hydrogen-bond donors (Lipinski definition) is 2. The highest BCUT2D eigenvalue weighted by Crippen LogP contribution is 2.23. The molecule has 24 heavy (non-hydrogen) atoms. The van der Waals surface area contributed by atoms with Gasteiger partial charge in [0.25, 0.3) is 0 Å². The topological polar surface area (TPSA) is 75.4 Å². The van der Waals surface area contributed by atoms with Crippen molar-refractivity contribution >= 4 is 21.2 Å². The van der Waals surface area contributed by atoms with E-state index < -0.39 is 9.84 Å². The highest BCUT2D eigenvalue weighted by Gasteiger charge is 2.17. The quantitative estimate of drug-likeness (QED) is 0.718. The number of nitrogens with zero attached hydrogens (tertiary/aromatic N) is 1. The average molecular weight is 347 g/mol. The molecule has 0 aliphatic rings. The molecule has 3 N–H and O–H groups in total. The molecule has 2 aromatic rings. The van der Waals surface area contributed by atoms with E-state index >= 15 is 0 Å². The fraction of sp³-hybridized carbons (Fsp3) is 0.333. The van der Waals surface area contributed by atoms with E-state index in [0.29, 0.717) is 5.69 Å². The van der Waals surface area contributed by atoms with Gasteiger partial charge in [-0.05, 0) is 61.6 Å². The van der Waals surface area contributed by atoms with Gasteiger partial charge in [0.2, 0.25) is 9.84 Å². The van der Waals surface area contributed by atoms with E-state index in [0.717, 1.165) is 31.9 Å². The molecule has 0 spiro atoms. The first-order valence-corrected chi connectivity index (χ1v) is 9.62. The number of anilines is 2. The van der Waals surface area contributed by atoms with E-state index in [1.165, 1.54) is 12.1 Å². The van der Waals surface area contributed by atoms with E-state index in [-0.39, 0.29) is 9.79 Å². The van der Waals surface area contributed by atoms with Crippen LogP contribution in [0.3, 0.4) is 0 Å². The molecule has 130 valence electrons. The maximum Gasteiger partial charge on any atom is 0.206 e. The highest BCUT2D eigenvalue weighted by molar-refractivity contribution is 7.91. The number of sulfone groups is 1. The molecule has 0 saturated heterocycles. The summed E-state index contributed by atoms with van der Waals surface area (Å²) in [7, 11) is -3.51. The summed E-state index contributed by atoms with van der Waals surface area (Å²) in [5, 5.41) is 3.32. The summed E-state index contributed by atoms with van der Waals surface area (Å²) in [5.74, 6) is 0. The number of rotatable bonds is 8. The Kier molecular flexibility index (Phi) is 6.23. The third-order valence-corrected chi connectivity index (χ3v) is 5.79. The molecule has 0 aliphatic carbocycles. The number of benzene rings is 2. The lowest BCUT2D eigenvalue weighted by Gasteiger charge is -2.18. The van der Waals surface area contributed by atoms with Gasteiger partial charge in [-0.3, -0.25) is 0 Å². The van der Waals surface area contributed by atoms with Crippen molar-refractivity contribution < 1.29 is 8.42 Å². The summed E-state index contributed by atoms with van der Waals surface area (Å²) in [6.07, 6.45) is 0. The molecule has 0 fully saturated rings. The molecule has 0 radical (unpaired) electrons. The molecule has 0 aromatic heterocycles. The third kappa shape index (κ3) is 4.49. The molecule has 2 rings (SSSR count). The standard InChI is InChI=1S/C18H25N3O2S/c1-3-21(4-2)14-13-20-16-7-11-18(12-8-16)24(22,23)17-9-5-15(19)6-10-17/h5-12,20H,3-4,13-14,19H2,1-2H3. The van der Waals surface area contributed by atoms with Gasteiger partial charge in [-0.15, -0.1) is 0 Å². The van der Waals surface area contributed by atoms with Crippen LogP contribution in [0.4, 0.5) is 11.4 Å². The maximum atomic E-state index is 12.6. The minimum Gasteiger partial charge on any atom is -0.399 e. The van der Waals surface area contributed by atoms with E-state index in [1.807, 2.05) is 0 Å². The number of nitrogens with two attached hydrogens (primary N) is 1. The minimum absolute atomic E-state index is 0.249. The zero-order valence-electron chi connectivity index (χ0n) is 14.2. The molecule has 0 amide bonds. The Labute approximate surface area is 144 Å². The van der Waals surface area contributed by atoms with Crippen molar-refractivity contribution in [1.29, 1.82) is 0 Å². The normalized spacial score (nSPS) is 11.6. The van der Waals surface area contributed by atoms with Gasteiger partial charge in [-0.2, -0.15) is 0 Å². The summed E-state index contributed by atoms with van der Waals surface area (Å²) < 4.78 is 25.1. The van der Waals surface area contributed by atoms with Gasteiger partial charge >= 0.3 is 0 Å². The van der Waals surface area contributed by atoms with Crippen molar-refractivity contribution in [1.82, 2.24) is 4.90 Å². The van der Waals surface area contributed by atoms with Crippen LogP contribution in [0.5, 0.6) is 0 Å². The van der Waals surface area contributed by atoms with Crippen LogP contribution in [0.15, 0.2) is 58.3 Å². The second-order valence-corrected chi connectivity index (χ2v) is 7.50. The van der Waals surface area contributed by atoms with Crippen molar-refractivity contribution in [3.05, 3.63) is 48.5 Å². The Balaban J connectivity index is 2.04. The number of nitrogen functional groups attached to an aromatic ring is 1. The van der Waals surface area contributed by atoms with Crippen molar-refractivity contribution in [3.8, 4) is 0 Å². The van der Waals surface area contributed by atoms with Crippen molar-refractivity contribution in [2.45, 2.75) is 23.6 Å². The highest BCUT2D eigenvalue weighted by atomic mass is 32.2. The molecular weight excluding hydrogens is 322 g/mol. The smallest absolute Gasteiger partial charge is 0.206 e. The summed E-state index contributed by atoms with van der Waals surface area (Å²) >= 11 is 0. The van der Waals surface area contributed by atoms with Crippen LogP contribution >= 0.6 is 0 Å². The first kappa shape index (κ1) is 18.3.